The van der Waals surface area contributed by atoms with Crippen molar-refractivity contribution in [1.29, 1.82) is 0 Å². The van der Waals surface area contributed by atoms with Gasteiger partial charge < -0.3 is 0 Å². The van der Waals surface area contributed by atoms with Gasteiger partial charge in [0.2, 0.25) is 0 Å². The Morgan fingerprint density at radius 2 is 2.00 bits per heavy atom. The van der Waals surface area contributed by atoms with Crippen LogP contribution in [0, 0.1) is 0 Å². The van der Waals surface area contributed by atoms with E-state index in [2.05, 4.69) is 24.1 Å². The first kappa shape index (κ1) is 8.09. The van der Waals surface area contributed by atoms with Gasteiger partial charge in [-0.3, -0.25) is 4.90 Å². The SMILES string of the molecule is CN1CCC1c1ccc(Cl)cc1. The highest BCUT2D eigenvalue weighted by Gasteiger charge is 2.24. The molecular formula is C10H12ClN. The number of benzene rings is 1. The molecule has 64 valence electrons. The lowest BCUT2D eigenvalue weighted by molar-refractivity contribution is 0.128. The van der Waals surface area contributed by atoms with Crippen molar-refractivity contribution in [2.24, 2.45) is 0 Å². The summed E-state index contributed by atoms with van der Waals surface area (Å²) in [6.45, 7) is 1.22. The average molecular weight is 182 g/mol. The van der Waals surface area contributed by atoms with Gasteiger partial charge in [0.1, 0.15) is 0 Å². The summed E-state index contributed by atoms with van der Waals surface area (Å²) >= 11 is 5.80. The van der Waals surface area contributed by atoms with Gasteiger partial charge in [0.05, 0.1) is 0 Å². The zero-order chi connectivity index (χ0) is 8.55. The fourth-order valence-corrected chi connectivity index (χ4v) is 1.75. The summed E-state index contributed by atoms with van der Waals surface area (Å²) in [5.41, 5.74) is 1.38. The van der Waals surface area contributed by atoms with E-state index in [1.807, 2.05) is 12.1 Å². The smallest absolute Gasteiger partial charge is 0.0406 e. The Bertz CT molecular complexity index is 268. The topological polar surface area (TPSA) is 3.24 Å². The van der Waals surface area contributed by atoms with Crippen LogP contribution in [0.1, 0.15) is 18.0 Å². The number of halogens is 1. The van der Waals surface area contributed by atoms with Gasteiger partial charge in [-0.25, -0.2) is 0 Å². The van der Waals surface area contributed by atoms with Gasteiger partial charge in [-0.05, 0) is 31.2 Å². The van der Waals surface area contributed by atoms with Gasteiger partial charge in [0, 0.05) is 17.6 Å². The second kappa shape index (κ2) is 3.08. The van der Waals surface area contributed by atoms with Crippen molar-refractivity contribution >= 4 is 11.6 Å². The number of hydrogen-bond acceptors (Lipinski definition) is 1. The number of likely N-dealkylation sites (tertiary alicyclic amines) is 1. The number of rotatable bonds is 1. The van der Waals surface area contributed by atoms with E-state index in [0.29, 0.717) is 6.04 Å². The van der Waals surface area contributed by atoms with E-state index in [0.717, 1.165) is 5.02 Å². The van der Waals surface area contributed by atoms with Crippen LogP contribution in [0.2, 0.25) is 5.02 Å². The molecule has 1 unspecified atom stereocenters. The Kier molecular flexibility index (Phi) is 2.07. The first-order valence-electron chi connectivity index (χ1n) is 4.23. The van der Waals surface area contributed by atoms with E-state index in [1.54, 1.807) is 0 Å². The minimum absolute atomic E-state index is 0.627. The second-order valence-electron chi connectivity index (χ2n) is 3.34. The normalized spacial score (nSPS) is 23.7. The average Bonchev–Trinajstić information content (AvgIpc) is 2.06. The first-order chi connectivity index (χ1) is 5.77. The van der Waals surface area contributed by atoms with Crippen LogP contribution in [-0.4, -0.2) is 18.5 Å². The molecule has 0 amide bonds. The van der Waals surface area contributed by atoms with Crippen LogP contribution >= 0.6 is 11.6 Å². The molecule has 0 bridgehead atoms. The molecule has 1 aromatic carbocycles. The lowest BCUT2D eigenvalue weighted by atomic mass is 9.96. The van der Waals surface area contributed by atoms with E-state index in [1.165, 1.54) is 18.5 Å². The summed E-state index contributed by atoms with van der Waals surface area (Å²) in [5, 5.41) is 0.820. The van der Waals surface area contributed by atoms with E-state index >= 15 is 0 Å². The Morgan fingerprint density at radius 1 is 1.33 bits per heavy atom. The molecule has 1 heterocycles. The molecule has 0 aromatic heterocycles. The molecule has 1 aliphatic heterocycles. The quantitative estimate of drug-likeness (QED) is 0.644. The van der Waals surface area contributed by atoms with E-state index in [4.69, 9.17) is 11.6 Å². The maximum absolute atomic E-state index is 5.80. The van der Waals surface area contributed by atoms with Gasteiger partial charge in [-0.15, -0.1) is 0 Å². The lowest BCUT2D eigenvalue weighted by Gasteiger charge is -2.38. The minimum Gasteiger partial charge on any atom is -0.299 e. The summed E-state index contributed by atoms with van der Waals surface area (Å²) in [4.78, 5) is 2.35. The highest BCUT2D eigenvalue weighted by Crippen LogP contribution is 2.31. The molecule has 1 saturated heterocycles. The highest BCUT2D eigenvalue weighted by molar-refractivity contribution is 6.30. The van der Waals surface area contributed by atoms with Gasteiger partial charge in [-0.1, -0.05) is 23.7 Å². The first-order valence-corrected chi connectivity index (χ1v) is 4.61. The zero-order valence-electron chi connectivity index (χ0n) is 7.13. The third-order valence-corrected chi connectivity index (χ3v) is 2.79. The van der Waals surface area contributed by atoms with Crippen molar-refractivity contribution in [1.82, 2.24) is 4.90 Å². The van der Waals surface area contributed by atoms with Crippen molar-refractivity contribution in [3.63, 3.8) is 0 Å². The molecule has 0 radical (unpaired) electrons. The fraction of sp³-hybridized carbons (Fsp3) is 0.400. The summed E-state index contributed by atoms with van der Waals surface area (Å²) in [5.74, 6) is 0. The number of hydrogen-bond donors (Lipinski definition) is 0. The van der Waals surface area contributed by atoms with E-state index < -0.39 is 0 Å². The Balaban J connectivity index is 2.18. The Labute approximate surface area is 77.9 Å². The van der Waals surface area contributed by atoms with Gasteiger partial charge >= 0.3 is 0 Å². The summed E-state index contributed by atoms with van der Waals surface area (Å²) in [6, 6.07) is 8.78. The maximum atomic E-state index is 5.80. The minimum atomic E-state index is 0.627. The number of nitrogens with zero attached hydrogens (tertiary/aromatic N) is 1. The maximum Gasteiger partial charge on any atom is 0.0406 e. The highest BCUT2D eigenvalue weighted by atomic mass is 35.5. The molecule has 1 atom stereocenters. The molecule has 0 spiro atoms. The van der Waals surface area contributed by atoms with Crippen LogP contribution in [-0.2, 0) is 0 Å². The molecule has 0 saturated carbocycles. The molecule has 1 nitrogen and oxygen atoms in total. The van der Waals surface area contributed by atoms with Crippen molar-refractivity contribution in [3.8, 4) is 0 Å². The van der Waals surface area contributed by atoms with Crippen molar-refractivity contribution < 1.29 is 0 Å². The molecular weight excluding hydrogens is 170 g/mol. The molecule has 1 aromatic rings. The fourth-order valence-electron chi connectivity index (χ4n) is 1.62. The van der Waals surface area contributed by atoms with Crippen LogP contribution in [0.25, 0.3) is 0 Å². The van der Waals surface area contributed by atoms with Crippen LogP contribution in [0.3, 0.4) is 0 Å². The molecule has 2 heteroatoms. The summed E-state index contributed by atoms with van der Waals surface area (Å²) in [6.07, 6.45) is 1.28. The molecule has 0 aliphatic carbocycles. The largest absolute Gasteiger partial charge is 0.299 e. The zero-order valence-corrected chi connectivity index (χ0v) is 7.88. The molecule has 1 aliphatic rings. The van der Waals surface area contributed by atoms with E-state index in [9.17, 15) is 0 Å². The Morgan fingerprint density at radius 3 is 2.42 bits per heavy atom. The van der Waals surface area contributed by atoms with Gasteiger partial charge in [-0.2, -0.15) is 0 Å². The molecule has 0 N–H and O–H groups in total. The van der Waals surface area contributed by atoms with Crippen LogP contribution in [0.5, 0.6) is 0 Å². The van der Waals surface area contributed by atoms with Crippen molar-refractivity contribution in [3.05, 3.63) is 34.9 Å². The third-order valence-electron chi connectivity index (χ3n) is 2.54. The second-order valence-corrected chi connectivity index (χ2v) is 3.77. The van der Waals surface area contributed by atoms with Crippen molar-refractivity contribution in [2.75, 3.05) is 13.6 Å². The molecule has 2 rings (SSSR count). The Hall–Kier alpha value is -0.530. The van der Waals surface area contributed by atoms with Crippen LogP contribution in [0.4, 0.5) is 0 Å². The lowest BCUT2D eigenvalue weighted by Crippen LogP contribution is -2.37. The molecule has 12 heavy (non-hydrogen) atoms. The van der Waals surface area contributed by atoms with Crippen LogP contribution < -0.4 is 0 Å². The van der Waals surface area contributed by atoms with E-state index in [-0.39, 0.29) is 0 Å². The van der Waals surface area contributed by atoms with Crippen molar-refractivity contribution in [2.45, 2.75) is 12.5 Å². The predicted molar refractivity (Wildman–Crippen MR) is 51.4 cm³/mol. The van der Waals surface area contributed by atoms with Gasteiger partial charge in [0.25, 0.3) is 0 Å². The van der Waals surface area contributed by atoms with Gasteiger partial charge in [0.15, 0.2) is 0 Å². The van der Waals surface area contributed by atoms with Crippen LogP contribution in [0.15, 0.2) is 24.3 Å². The standard InChI is InChI=1S/C10H12ClN/c1-12-7-6-10(12)8-2-4-9(11)5-3-8/h2-5,10H,6-7H2,1H3. The predicted octanol–water partition coefficient (Wildman–Crippen LogP) is 2.72. The molecule has 1 fully saturated rings. The third kappa shape index (κ3) is 1.35. The summed E-state index contributed by atoms with van der Waals surface area (Å²) in [7, 11) is 2.16. The monoisotopic (exact) mass is 181 g/mol. The summed E-state index contributed by atoms with van der Waals surface area (Å²) < 4.78 is 0.